The van der Waals surface area contributed by atoms with Gasteiger partial charge in [-0.15, -0.1) is 0 Å². The molecule has 0 bridgehead atoms. The van der Waals surface area contributed by atoms with Gasteiger partial charge in [0.1, 0.15) is 0 Å². The van der Waals surface area contributed by atoms with Gasteiger partial charge in [0.05, 0.1) is 10.6 Å². The van der Waals surface area contributed by atoms with Crippen molar-refractivity contribution in [2.75, 3.05) is 17.6 Å². The van der Waals surface area contributed by atoms with Crippen molar-refractivity contribution in [2.24, 2.45) is 11.3 Å². The summed E-state index contributed by atoms with van der Waals surface area (Å²) in [5.41, 5.74) is 1.46. The second-order valence-electron chi connectivity index (χ2n) is 6.21. The molecule has 1 aliphatic rings. The molecule has 0 heterocycles. The van der Waals surface area contributed by atoms with Crippen molar-refractivity contribution in [2.45, 2.75) is 44.9 Å². The maximum Gasteiger partial charge on any atom is 0.178 e. The number of rotatable bonds is 7. The third kappa shape index (κ3) is 3.35. The molecule has 0 spiro atoms. The van der Waals surface area contributed by atoms with Crippen LogP contribution >= 0.6 is 0 Å². The lowest BCUT2D eigenvalue weighted by Gasteiger charge is -2.20. The zero-order valence-corrected chi connectivity index (χ0v) is 13.5. The third-order valence-corrected chi connectivity index (χ3v) is 6.38. The fourth-order valence-corrected chi connectivity index (χ4v) is 3.89. The highest BCUT2D eigenvalue weighted by Gasteiger charge is 2.44. The molecule has 3 nitrogen and oxygen atoms in total. The first-order chi connectivity index (χ1) is 9.39. The lowest BCUT2D eigenvalue weighted by Crippen LogP contribution is -2.20. The van der Waals surface area contributed by atoms with Crippen LogP contribution in [0.1, 0.15) is 40.0 Å². The predicted molar refractivity (Wildman–Crippen MR) is 83.8 cm³/mol. The van der Waals surface area contributed by atoms with Gasteiger partial charge < -0.3 is 5.32 Å². The Labute approximate surface area is 122 Å². The molecule has 0 aromatic heterocycles. The highest BCUT2D eigenvalue weighted by atomic mass is 32.2. The molecule has 1 saturated carbocycles. The Bertz CT molecular complexity index is 542. The summed E-state index contributed by atoms with van der Waals surface area (Å²) in [4.78, 5) is 0.426. The molecule has 0 radical (unpaired) electrons. The Kier molecular flexibility index (Phi) is 4.43. The highest BCUT2D eigenvalue weighted by Crippen LogP contribution is 2.51. The fraction of sp³-hybridized carbons (Fsp3) is 0.625. The van der Waals surface area contributed by atoms with Crippen molar-refractivity contribution in [1.82, 2.24) is 0 Å². The Balaban J connectivity index is 1.99. The van der Waals surface area contributed by atoms with Gasteiger partial charge in [0.15, 0.2) is 9.84 Å². The number of anilines is 1. The zero-order chi connectivity index (χ0) is 14.8. The van der Waals surface area contributed by atoms with Crippen molar-refractivity contribution < 1.29 is 8.42 Å². The first-order valence-electron chi connectivity index (χ1n) is 7.46. The van der Waals surface area contributed by atoms with Gasteiger partial charge in [-0.1, -0.05) is 20.8 Å². The van der Waals surface area contributed by atoms with Crippen LogP contribution < -0.4 is 5.32 Å². The van der Waals surface area contributed by atoms with Crippen LogP contribution in [-0.4, -0.2) is 20.7 Å². The van der Waals surface area contributed by atoms with Gasteiger partial charge in [-0.25, -0.2) is 8.42 Å². The maximum atomic E-state index is 11.9. The average molecular weight is 295 g/mol. The van der Waals surface area contributed by atoms with E-state index in [0.717, 1.165) is 12.2 Å². The second-order valence-corrected chi connectivity index (χ2v) is 8.32. The summed E-state index contributed by atoms with van der Waals surface area (Å²) in [5.74, 6) is 0.912. The molecule has 2 rings (SSSR count). The van der Waals surface area contributed by atoms with E-state index >= 15 is 0 Å². The van der Waals surface area contributed by atoms with Crippen LogP contribution in [0.15, 0.2) is 29.2 Å². The Morgan fingerprint density at radius 1 is 1.20 bits per heavy atom. The zero-order valence-electron chi connectivity index (χ0n) is 12.6. The number of hydrogen-bond acceptors (Lipinski definition) is 3. The number of sulfone groups is 1. The summed E-state index contributed by atoms with van der Waals surface area (Å²) in [6.45, 7) is 7.41. The predicted octanol–water partition coefficient (Wildman–Crippen LogP) is 3.72. The standard InChI is InChI=1S/C16H25NO2S/c1-4-11-20(18,19)15-7-5-14(6-8-15)17-12-16(9-10-16)13(2)3/h5-8,13,17H,4,9-12H2,1-3H3. The Morgan fingerprint density at radius 3 is 2.25 bits per heavy atom. The summed E-state index contributed by atoms with van der Waals surface area (Å²) in [5, 5.41) is 3.44. The third-order valence-electron chi connectivity index (χ3n) is 4.45. The maximum absolute atomic E-state index is 11.9. The van der Waals surface area contributed by atoms with Crippen LogP contribution in [-0.2, 0) is 9.84 Å². The van der Waals surface area contributed by atoms with Crippen molar-refractivity contribution in [3.05, 3.63) is 24.3 Å². The second kappa shape index (κ2) is 5.76. The van der Waals surface area contributed by atoms with Crippen LogP contribution in [0.3, 0.4) is 0 Å². The van der Waals surface area contributed by atoms with E-state index < -0.39 is 9.84 Å². The molecule has 1 aliphatic carbocycles. The van der Waals surface area contributed by atoms with Gasteiger partial charge in [0.2, 0.25) is 0 Å². The fourth-order valence-electron chi connectivity index (χ4n) is 2.56. The molecule has 0 unspecified atom stereocenters. The SMILES string of the molecule is CCCS(=O)(=O)c1ccc(NCC2(C(C)C)CC2)cc1. The van der Waals surface area contributed by atoms with E-state index in [2.05, 4.69) is 19.2 Å². The largest absolute Gasteiger partial charge is 0.384 e. The molecule has 1 aromatic rings. The molecular formula is C16H25NO2S. The molecule has 0 amide bonds. The van der Waals surface area contributed by atoms with E-state index in [0.29, 0.717) is 22.6 Å². The first-order valence-corrected chi connectivity index (χ1v) is 9.11. The lowest BCUT2D eigenvalue weighted by molar-refractivity contribution is 0.380. The molecule has 0 saturated heterocycles. The van der Waals surface area contributed by atoms with Gasteiger partial charge in [-0.2, -0.15) is 0 Å². The molecule has 1 fully saturated rings. The first kappa shape index (κ1) is 15.4. The molecular weight excluding hydrogens is 270 g/mol. The van der Waals surface area contributed by atoms with E-state index in [9.17, 15) is 8.42 Å². The van der Waals surface area contributed by atoms with Crippen molar-refractivity contribution in [3.8, 4) is 0 Å². The molecule has 0 aliphatic heterocycles. The van der Waals surface area contributed by atoms with Crippen molar-refractivity contribution >= 4 is 15.5 Å². The van der Waals surface area contributed by atoms with Gasteiger partial charge >= 0.3 is 0 Å². The highest BCUT2D eigenvalue weighted by molar-refractivity contribution is 7.91. The molecule has 112 valence electrons. The van der Waals surface area contributed by atoms with E-state index in [-0.39, 0.29) is 5.75 Å². The topological polar surface area (TPSA) is 46.2 Å². The Hall–Kier alpha value is -1.03. The molecule has 4 heteroatoms. The minimum atomic E-state index is -3.10. The average Bonchev–Trinajstić information content (AvgIpc) is 3.18. The van der Waals surface area contributed by atoms with Crippen LogP contribution in [0, 0.1) is 11.3 Å². The van der Waals surface area contributed by atoms with Crippen LogP contribution in [0.2, 0.25) is 0 Å². The molecule has 20 heavy (non-hydrogen) atoms. The van der Waals surface area contributed by atoms with E-state index in [1.165, 1.54) is 12.8 Å². The molecule has 1 N–H and O–H groups in total. The van der Waals surface area contributed by atoms with Crippen molar-refractivity contribution in [1.29, 1.82) is 0 Å². The Morgan fingerprint density at radius 2 is 1.80 bits per heavy atom. The van der Waals surface area contributed by atoms with Gasteiger partial charge in [-0.3, -0.25) is 0 Å². The summed E-state index contributed by atoms with van der Waals surface area (Å²) in [7, 11) is -3.10. The van der Waals surface area contributed by atoms with E-state index in [1.54, 1.807) is 12.1 Å². The van der Waals surface area contributed by atoms with E-state index in [4.69, 9.17) is 0 Å². The summed E-state index contributed by atoms with van der Waals surface area (Å²) >= 11 is 0. The number of benzene rings is 1. The number of hydrogen-bond donors (Lipinski definition) is 1. The monoisotopic (exact) mass is 295 g/mol. The van der Waals surface area contributed by atoms with Crippen LogP contribution in [0.5, 0.6) is 0 Å². The summed E-state index contributed by atoms with van der Waals surface area (Å²) in [6, 6.07) is 7.17. The lowest BCUT2D eigenvalue weighted by atomic mass is 9.92. The van der Waals surface area contributed by atoms with Crippen molar-refractivity contribution in [3.63, 3.8) is 0 Å². The quantitative estimate of drug-likeness (QED) is 0.834. The summed E-state index contributed by atoms with van der Waals surface area (Å²) < 4.78 is 23.9. The van der Waals surface area contributed by atoms with Gasteiger partial charge in [0, 0.05) is 12.2 Å². The minimum absolute atomic E-state index is 0.218. The summed E-state index contributed by atoms with van der Waals surface area (Å²) in [6.07, 6.45) is 3.24. The molecule has 0 atom stereocenters. The van der Waals surface area contributed by atoms with Gasteiger partial charge in [-0.05, 0) is 54.9 Å². The normalized spacial score (nSPS) is 17.2. The minimum Gasteiger partial charge on any atom is -0.384 e. The van der Waals surface area contributed by atoms with Crippen LogP contribution in [0.25, 0.3) is 0 Å². The number of nitrogens with one attached hydrogen (secondary N) is 1. The van der Waals surface area contributed by atoms with E-state index in [1.807, 2.05) is 19.1 Å². The molecule has 1 aromatic carbocycles. The smallest absolute Gasteiger partial charge is 0.178 e. The van der Waals surface area contributed by atoms with Crippen LogP contribution in [0.4, 0.5) is 5.69 Å². The van der Waals surface area contributed by atoms with Gasteiger partial charge in [0.25, 0.3) is 0 Å².